The second-order valence-electron chi connectivity index (χ2n) is 5.71. The number of carbonyl (C=O) groups excluding carboxylic acids is 1. The van der Waals surface area contributed by atoms with E-state index >= 15 is 0 Å². The van der Waals surface area contributed by atoms with Crippen LogP contribution in [0.25, 0.3) is 0 Å². The zero-order chi connectivity index (χ0) is 17.2. The van der Waals surface area contributed by atoms with Crippen LogP contribution in [0.3, 0.4) is 0 Å². The van der Waals surface area contributed by atoms with E-state index in [9.17, 15) is 9.18 Å². The lowest BCUT2D eigenvalue weighted by molar-refractivity contribution is 0.0979. The van der Waals surface area contributed by atoms with Crippen LogP contribution < -0.4 is 4.74 Å². The van der Waals surface area contributed by atoms with Crippen molar-refractivity contribution in [3.8, 4) is 11.5 Å². The van der Waals surface area contributed by atoms with E-state index in [1.54, 1.807) is 36.4 Å². The van der Waals surface area contributed by atoms with Crippen molar-refractivity contribution >= 4 is 21.7 Å². The molecule has 0 heterocycles. The molecule has 4 heteroatoms. The van der Waals surface area contributed by atoms with Gasteiger partial charge in [0, 0.05) is 17.3 Å². The highest BCUT2D eigenvalue weighted by Gasteiger charge is 2.06. The number of Topliss-reactive ketones (excluding diaryl/α,β-unsaturated/α-hetero) is 1. The molecule has 0 aliphatic carbocycles. The van der Waals surface area contributed by atoms with Crippen LogP contribution in [0.1, 0.15) is 48.9 Å². The molecule has 2 aromatic rings. The molecule has 0 saturated heterocycles. The molecular weight excluding hydrogens is 371 g/mol. The van der Waals surface area contributed by atoms with Crippen LogP contribution in [0.15, 0.2) is 48.5 Å². The number of benzene rings is 2. The molecule has 0 N–H and O–H groups in total. The summed E-state index contributed by atoms with van der Waals surface area (Å²) in [5, 5.41) is 1.05. The number of ether oxygens (including phenoxy) is 1. The number of hydrogen-bond acceptors (Lipinski definition) is 2. The number of rotatable bonds is 10. The Morgan fingerprint density at radius 3 is 2.00 bits per heavy atom. The maximum atomic E-state index is 12.9. The highest BCUT2D eigenvalue weighted by molar-refractivity contribution is 9.09. The number of halogens is 2. The number of ketones is 1. The van der Waals surface area contributed by atoms with Gasteiger partial charge in [0.15, 0.2) is 5.78 Å². The summed E-state index contributed by atoms with van der Waals surface area (Å²) in [6.45, 7) is 0. The lowest BCUT2D eigenvalue weighted by atomic mass is 10.0. The van der Waals surface area contributed by atoms with Crippen molar-refractivity contribution in [2.24, 2.45) is 0 Å². The van der Waals surface area contributed by atoms with Crippen molar-refractivity contribution in [3.63, 3.8) is 0 Å². The third kappa shape index (κ3) is 6.44. The number of carbonyl (C=O) groups is 1. The fraction of sp³-hybridized carbons (Fsp3) is 0.350. The summed E-state index contributed by atoms with van der Waals surface area (Å²) in [5.74, 6) is 1.08. The summed E-state index contributed by atoms with van der Waals surface area (Å²) in [4.78, 5) is 12.2. The lowest BCUT2D eigenvalue weighted by Crippen LogP contribution is -1.98. The Kier molecular flexibility index (Phi) is 7.96. The summed E-state index contributed by atoms with van der Waals surface area (Å²) < 4.78 is 18.5. The maximum absolute atomic E-state index is 12.9. The van der Waals surface area contributed by atoms with Gasteiger partial charge >= 0.3 is 0 Å². The number of unbranched alkanes of at least 4 members (excludes halogenated alkanes) is 4. The van der Waals surface area contributed by atoms with Crippen LogP contribution >= 0.6 is 15.9 Å². The fourth-order valence-corrected chi connectivity index (χ4v) is 2.80. The van der Waals surface area contributed by atoms with E-state index in [0.717, 1.165) is 18.2 Å². The van der Waals surface area contributed by atoms with Crippen molar-refractivity contribution in [1.29, 1.82) is 0 Å². The topological polar surface area (TPSA) is 26.3 Å². The molecule has 0 aromatic heterocycles. The van der Waals surface area contributed by atoms with Gasteiger partial charge in [0.25, 0.3) is 0 Å². The molecule has 2 rings (SSSR count). The fourth-order valence-electron chi connectivity index (χ4n) is 2.40. The van der Waals surface area contributed by atoms with Gasteiger partial charge in [-0.15, -0.1) is 0 Å². The standard InChI is InChI=1S/C20H22BrFO2/c21-15-5-3-1-2-4-6-20(23)16-7-11-18(12-8-16)24-19-13-9-17(22)10-14-19/h7-14H,1-6,15H2. The second-order valence-corrected chi connectivity index (χ2v) is 6.50. The molecular formula is C20H22BrFO2. The van der Waals surface area contributed by atoms with E-state index in [1.165, 1.54) is 31.4 Å². The minimum Gasteiger partial charge on any atom is -0.457 e. The van der Waals surface area contributed by atoms with E-state index in [4.69, 9.17) is 4.74 Å². The summed E-state index contributed by atoms with van der Waals surface area (Å²) in [7, 11) is 0. The average Bonchev–Trinajstić information content (AvgIpc) is 2.60. The van der Waals surface area contributed by atoms with Gasteiger partial charge in [0.05, 0.1) is 0 Å². The van der Waals surface area contributed by atoms with E-state index in [-0.39, 0.29) is 11.6 Å². The maximum Gasteiger partial charge on any atom is 0.162 e. The molecule has 0 aliphatic heterocycles. The molecule has 0 unspecified atom stereocenters. The SMILES string of the molecule is O=C(CCCCCCCBr)c1ccc(Oc2ccc(F)cc2)cc1. The molecule has 128 valence electrons. The highest BCUT2D eigenvalue weighted by atomic mass is 79.9. The van der Waals surface area contributed by atoms with Gasteiger partial charge in [-0.25, -0.2) is 4.39 Å². The molecule has 0 bridgehead atoms. The predicted octanol–water partition coefficient (Wildman–Crippen LogP) is 6.54. The van der Waals surface area contributed by atoms with Crippen LogP contribution in [0.2, 0.25) is 0 Å². The van der Waals surface area contributed by atoms with E-state index in [0.29, 0.717) is 23.5 Å². The second kappa shape index (κ2) is 10.2. The highest BCUT2D eigenvalue weighted by Crippen LogP contribution is 2.22. The normalized spacial score (nSPS) is 10.6. The number of alkyl halides is 1. The first-order chi connectivity index (χ1) is 11.7. The molecule has 0 atom stereocenters. The van der Waals surface area contributed by atoms with Gasteiger partial charge in [-0.05, 0) is 61.4 Å². The monoisotopic (exact) mass is 392 g/mol. The molecule has 2 aromatic carbocycles. The zero-order valence-electron chi connectivity index (χ0n) is 13.6. The first kappa shape index (κ1) is 18.7. The van der Waals surface area contributed by atoms with Gasteiger partial charge in [-0.3, -0.25) is 4.79 Å². The Morgan fingerprint density at radius 1 is 0.833 bits per heavy atom. The molecule has 24 heavy (non-hydrogen) atoms. The van der Waals surface area contributed by atoms with Crippen molar-refractivity contribution in [3.05, 3.63) is 59.9 Å². The third-order valence-electron chi connectivity index (χ3n) is 3.76. The first-order valence-electron chi connectivity index (χ1n) is 8.31. The van der Waals surface area contributed by atoms with E-state index in [1.807, 2.05) is 0 Å². The average molecular weight is 393 g/mol. The predicted molar refractivity (Wildman–Crippen MR) is 98.7 cm³/mol. The Bertz CT molecular complexity index is 623. The Balaban J connectivity index is 1.78. The van der Waals surface area contributed by atoms with Crippen molar-refractivity contribution in [2.75, 3.05) is 5.33 Å². The quantitative estimate of drug-likeness (QED) is 0.260. The molecule has 0 aliphatic rings. The Hall–Kier alpha value is -1.68. The van der Waals surface area contributed by atoms with E-state index < -0.39 is 0 Å². The summed E-state index contributed by atoms with van der Waals surface area (Å²) in [6, 6.07) is 13.0. The lowest BCUT2D eigenvalue weighted by Gasteiger charge is -2.07. The van der Waals surface area contributed by atoms with Crippen LogP contribution in [0, 0.1) is 5.82 Å². The summed E-state index contributed by atoms with van der Waals surface area (Å²) >= 11 is 3.42. The van der Waals surface area contributed by atoms with Gasteiger partial charge in [0.2, 0.25) is 0 Å². The van der Waals surface area contributed by atoms with Crippen molar-refractivity contribution in [1.82, 2.24) is 0 Å². The van der Waals surface area contributed by atoms with Crippen LogP contribution in [-0.2, 0) is 0 Å². The molecule has 0 radical (unpaired) electrons. The van der Waals surface area contributed by atoms with E-state index in [2.05, 4.69) is 15.9 Å². The van der Waals surface area contributed by atoms with Gasteiger partial charge in [0.1, 0.15) is 17.3 Å². The smallest absolute Gasteiger partial charge is 0.162 e. The molecule has 0 spiro atoms. The molecule has 2 nitrogen and oxygen atoms in total. The van der Waals surface area contributed by atoms with Gasteiger partial charge in [-0.1, -0.05) is 35.2 Å². The molecule has 0 fully saturated rings. The number of hydrogen-bond donors (Lipinski definition) is 0. The third-order valence-corrected chi connectivity index (χ3v) is 4.32. The zero-order valence-corrected chi connectivity index (χ0v) is 15.2. The largest absolute Gasteiger partial charge is 0.457 e. The van der Waals surface area contributed by atoms with Crippen LogP contribution in [0.5, 0.6) is 11.5 Å². The Labute approximate surface area is 151 Å². The van der Waals surface area contributed by atoms with Gasteiger partial charge in [-0.2, -0.15) is 0 Å². The molecule has 0 amide bonds. The van der Waals surface area contributed by atoms with Crippen molar-refractivity contribution in [2.45, 2.75) is 38.5 Å². The van der Waals surface area contributed by atoms with Crippen LogP contribution in [-0.4, -0.2) is 11.1 Å². The Morgan fingerprint density at radius 2 is 1.38 bits per heavy atom. The molecule has 0 saturated carbocycles. The van der Waals surface area contributed by atoms with Gasteiger partial charge < -0.3 is 4.74 Å². The minimum atomic E-state index is -0.296. The van der Waals surface area contributed by atoms with Crippen molar-refractivity contribution < 1.29 is 13.9 Å². The first-order valence-corrected chi connectivity index (χ1v) is 9.44. The summed E-state index contributed by atoms with van der Waals surface area (Å²) in [6.07, 6.45) is 6.23. The van der Waals surface area contributed by atoms with Crippen LogP contribution in [0.4, 0.5) is 4.39 Å². The summed E-state index contributed by atoms with van der Waals surface area (Å²) in [5.41, 5.74) is 0.710. The minimum absolute atomic E-state index is 0.170.